The normalized spacial score (nSPS) is 11.6. The fraction of sp³-hybridized carbons (Fsp3) is 0.429. The molecule has 0 radical (unpaired) electrons. The van der Waals surface area contributed by atoms with Gasteiger partial charge in [0.05, 0.1) is 6.61 Å². The zero-order valence-corrected chi connectivity index (χ0v) is 16.1. The lowest BCUT2D eigenvalue weighted by molar-refractivity contribution is 0.199. The van der Waals surface area contributed by atoms with Crippen LogP contribution in [0.2, 0.25) is 5.02 Å². The van der Waals surface area contributed by atoms with Gasteiger partial charge in [0.1, 0.15) is 4.90 Å². The smallest absolute Gasteiger partial charge is 0.242 e. The molecule has 0 saturated carbocycles. The molecule has 0 saturated heterocycles. The van der Waals surface area contributed by atoms with Gasteiger partial charge in [-0.1, -0.05) is 11.6 Å². The molecule has 0 spiro atoms. The van der Waals surface area contributed by atoms with Gasteiger partial charge in [-0.2, -0.15) is 0 Å². The van der Waals surface area contributed by atoms with Crippen molar-refractivity contribution in [3.63, 3.8) is 0 Å². The van der Waals surface area contributed by atoms with Gasteiger partial charge in [-0.3, -0.25) is 0 Å². The van der Waals surface area contributed by atoms with Crippen molar-refractivity contribution < 1.29 is 13.2 Å². The summed E-state index contributed by atoms with van der Waals surface area (Å²) in [6.45, 7) is 3.96. The predicted octanol–water partition coefficient (Wildman–Crippen LogP) is 2.80. The minimum Gasteiger partial charge on any atom is -0.383 e. The maximum Gasteiger partial charge on any atom is 0.242 e. The van der Waals surface area contributed by atoms with Crippen molar-refractivity contribution in [3.05, 3.63) is 28.1 Å². The van der Waals surface area contributed by atoms with E-state index >= 15 is 0 Å². The average Bonchev–Trinajstić information content (AvgIpc) is 2.78. The molecule has 5 nitrogen and oxygen atoms in total. The zero-order valence-electron chi connectivity index (χ0n) is 12.9. The van der Waals surface area contributed by atoms with Crippen LogP contribution < -0.4 is 10.0 Å². The van der Waals surface area contributed by atoms with E-state index in [0.29, 0.717) is 41.5 Å². The van der Waals surface area contributed by atoms with Crippen molar-refractivity contribution in [2.24, 2.45) is 0 Å². The van der Waals surface area contributed by atoms with Gasteiger partial charge in [0.25, 0.3) is 0 Å². The minimum atomic E-state index is -3.55. The second kappa shape index (κ2) is 9.17. The van der Waals surface area contributed by atoms with Crippen molar-refractivity contribution in [1.82, 2.24) is 10.0 Å². The highest BCUT2D eigenvalue weighted by Gasteiger charge is 2.22. The molecule has 1 aromatic heterocycles. The molecule has 0 aliphatic carbocycles. The van der Waals surface area contributed by atoms with Crippen LogP contribution in [0.1, 0.15) is 4.88 Å². The number of thiophene rings is 1. The topological polar surface area (TPSA) is 67.4 Å². The van der Waals surface area contributed by atoms with Crippen molar-refractivity contribution in [3.8, 4) is 0 Å². The molecule has 23 heavy (non-hydrogen) atoms. The van der Waals surface area contributed by atoms with Crippen LogP contribution in [0.15, 0.2) is 23.1 Å². The van der Waals surface area contributed by atoms with Crippen LogP contribution in [0, 0.1) is 6.92 Å². The van der Waals surface area contributed by atoms with Gasteiger partial charge in [-0.15, -0.1) is 23.7 Å². The summed E-state index contributed by atoms with van der Waals surface area (Å²) in [5.74, 6) is 0. The Kier molecular flexibility index (Phi) is 8.23. The molecule has 0 unspecified atom stereocenters. The summed E-state index contributed by atoms with van der Waals surface area (Å²) in [6, 6.07) is 5.32. The first-order valence-corrected chi connectivity index (χ1v) is 9.51. The Morgan fingerprint density at radius 3 is 2.70 bits per heavy atom. The summed E-state index contributed by atoms with van der Waals surface area (Å²) in [6.07, 6.45) is 0. The van der Waals surface area contributed by atoms with E-state index in [0.717, 1.165) is 9.58 Å². The SMILES string of the molecule is COCCNCCNS(=O)(=O)c1c(C)sc2ccc(Cl)cc12.Cl. The lowest BCUT2D eigenvalue weighted by Crippen LogP contribution is -2.33. The third kappa shape index (κ3) is 5.29. The van der Waals surface area contributed by atoms with E-state index in [-0.39, 0.29) is 12.4 Å². The number of aryl methyl sites for hydroxylation is 1. The maximum atomic E-state index is 12.5. The first-order chi connectivity index (χ1) is 10.5. The number of hydrogen-bond donors (Lipinski definition) is 2. The number of nitrogens with one attached hydrogen (secondary N) is 2. The molecule has 1 heterocycles. The molecule has 2 N–H and O–H groups in total. The van der Waals surface area contributed by atoms with Crippen molar-refractivity contribution in [2.75, 3.05) is 33.4 Å². The summed E-state index contributed by atoms with van der Waals surface area (Å²) in [7, 11) is -1.93. The lowest BCUT2D eigenvalue weighted by Gasteiger charge is -2.08. The Morgan fingerprint density at radius 1 is 1.26 bits per heavy atom. The van der Waals surface area contributed by atoms with Gasteiger partial charge in [0, 0.05) is 46.7 Å². The van der Waals surface area contributed by atoms with Crippen molar-refractivity contribution in [2.45, 2.75) is 11.8 Å². The van der Waals surface area contributed by atoms with Crippen LogP contribution >= 0.6 is 35.3 Å². The van der Waals surface area contributed by atoms with E-state index in [1.165, 1.54) is 11.3 Å². The van der Waals surface area contributed by atoms with Crippen molar-refractivity contribution >= 4 is 55.5 Å². The molecule has 0 amide bonds. The largest absolute Gasteiger partial charge is 0.383 e. The summed E-state index contributed by atoms with van der Waals surface area (Å²) in [4.78, 5) is 1.09. The Bertz CT molecular complexity index is 748. The highest BCUT2D eigenvalue weighted by Crippen LogP contribution is 2.35. The van der Waals surface area contributed by atoms with Crippen LogP contribution in [-0.4, -0.2) is 41.8 Å². The number of benzene rings is 1. The molecule has 130 valence electrons. The number of methoxy groups -OCH3 is 1. The van der Waals surface area contributed by atoms with Crippen LogP contribution in [0.4, 0.5) is 0 Å². The standard InChI is InChI=1S/C14H19ClN2O3S2.ClH/c1-10-14(12-9-11(15)3-4-13(12)21-10)22(18,19)17-6-5-16-7-8-20-2;/h3-4,9,16-17H,5-8H2,1-2H3;1H. The molecule has 0 aliphatic heterocycles. The quantitative estimate of drug-likeness (QED) is 0.670. The Balaban J connectivity index is 0.00000264. The first-order valence-electron chi connectivity index (χ1n) is 6.83. The lowest BCUT2D eigenvalue weighted by atomic mass is 10.2. The molecule has 0 bridgehead atoms. The summed E-state index contributed by atoms with van der Waals surface area (Å²) >= 11 is 7.45. The molecule has 2 rings (SSSR count). The van der Waals surface area contributed by atoms with Gasteiger partial charge in [0.15, 0.2) is 0 Å². The third-order valence-corrected chi connectivity index (χ3v) is 6.21. The summed E-state index contributed by atoms with van der Waals surface area (Å²) in [5, 5.41) is 4.30. The Hall–Kier alpha value is -0.410. The van der Waals surface area contributed by atoms with Gasteiger partial charge >= 0.3 is 0 Å². The van der Waals surface area contributed by atoms with E-state index in [2.05, 4.69) is 10.0 Å². The minimum absolute atomic E-state index is 0. The number of halogens is 2. The molecule has 1 aromatic carbocycles. The van der Waals surface area contributed by atoms with E-state index < -0.39 is 10.0 Å². The number of ether oxygens (including phenoxy) is 1. The summed E-state index contributed by atoms with van der Waals surface area (Å²) < 4.78 is 33.5. The molecular weight excluding hydrogens is 379 g/mol. The number of hydrogen-bond acceptors (Lipinski definition) is 5. The van der Waals surface area contributed by atoms with E-state index in [4.69, 9.17) is 16.3 Å². The number of fused-ring (bicyclic) bond motifs is 1. The summed E-state index contributed by atoms with van der Waals surface area (Å²) in [5.41, 5.74) is 0. The molecule has 0 aliphatic rings. The van der Waals surface area contributed by atoms with Crippen LogP contribution in [0.3, 0.4) is 0 Å². The highest BCUT2D eigenvalue weighted by molar-refractivity contribution is 7.90. The molecule has 0 atom stereocenters. The van der Waals surface area contributed by atoms with Gasteiger partial charge < -0.3 is 10.1 Å². The molecule has 9 heteroatoms. The monoisotopic (exact) mass is 398 g/mol. The second-order valence-electron chi connectivity index (χ2n) is 4.77. The van der Waals surface area contributed by atoms with Gasteiger partial charge in [-0.05, 0) is 25.1 Å². The predicted molar refractivity (Wildman–Crippen MR) is 98.8 cm³/mol. The Labute approximate surface area is 151 Å². The van der Waals surface area contributed by atoms with Crippen LogP contribution in [0.25, 0.3) is 10.1 Å². The first kappa shape index (κ1) is 20.6. The number of sulfonamides is 1. The van der Waals surface area contributed by atoms with Crippen LogP contribution in [0.5, 0.6) is 0 Å². The van der Waals surface area contributed by atoms with E-state index in [9.17, 15) is 8.42 Å². The average molecular weight is 399 g/mol. The van der Waals surface area contributed by atoms with Crippen molar-refractivity contribution in [1.29, 1.82) is 0 Å². The fourth-order valence-corrected chi connectivity index (χ4v) is 5.13. The van der Waals surface area contributed by atoms with E-state index in [1.807, 2.05) is 13.0 Å². The Morgan fingerprint density at radius 2 is 2.00 bits per heavy atom. The van der Waals surface area contributed by atoms with E-state index in [1.54, 1.807) is 19.2 Å². The van der Waals surface area contributed by atoms with Gasteiger partial charge in [-0.25, -0.2) is 13.1 Å². The number of rotatable bonds is 8. The van der Waals surface area contributed by atoms with Gasteiger partial charge in [0.2, 0.25) is 10.0 Å². The fourth-order valence-electron chi connectivity index (χ4n) is 2.15. The second-order valence-corrected chi connectivity index (χ2v) is 8.16. The van der Waals surface area contributed by atoms with Crippen LogP contribution in [-0.2, 0) is 14.8 Å². The third-order valence-electron chi connectivity index (χ3n) is 3.11. The highest BCUT2D eigenvalue weighted by atomic mass is 35.5. The molecular formula is C14H20Cl2N2O3S2. The maximum absolute atomic E-state index is 12.5. The molecule has 0 fully saturated rings. The molecule has 2 aromatic rings. The zero-order chi connectivity index (χ0) is 16.2.